The van der Waals surface area contributed by atoms with E-state index in [-0.39, 0.29) is 23.0 Å². The van der Waals surface area contributed by atoms with Crippen molar-refractivity contribution in [3.63, 3.8) is 0 Å². The number of phenols is 4. The first-order chi connectivity index (χ1) is 26.8. The van der Waals surface area contributed by atoms with Crippen LogP contribution < -0.4 is 0 Å². The summed E-state index contributed by atoms with van der Waals surface area (Å²) >= 11 is 0. The average molecular weight is 741 g/mol. The number of H-pyrrole nitrogens is 4. The molecule has 280 valence electrons. The fraction of sp³-hybridized carbons (Fsp3) is 0.167. The lowest BCUT2D eigenvalue weighted by Crippen LogP contribution is -2.31. The summed E-state index contributed by atoms with van der Waals surface area (Å²) in [5.74, 6) is 0.756. The van der Waals surface area contributed by atoms with Gasteiger partial charge >= 0.3 is 0 Å². The molecular weight excluding hydrogens is 697 g/mol. The fourth-order valence-corrected chi connectivity index (χ4v) is 8.92. The normalized spacial score (nSPS) is 23.2. The van der Waals surface area contributed by atoms with Crippen molar-refractivity contribution in [1.29, 1.82) is 0 Å². The minimum atomic E-state index is -0.730. The van der Waals surface area contributed by atoms with Gasteiger partial charge in [-0.05, 0) is 147 Å². The van der Waals surface area contributed by atoms with Crippen LogP contribution in [0.25, 0.3) is 0 Å². The number of hydrogen-bond donors (Lipinski definition) is 8. The lowest BCUT2D eigenvalue weighted by molar-refractivity contribution is 0.474. The van der Waals surface area contributed by atoms with Crippen molar-refractivity contribution >= 4 is 0 Å². The number of aromatic hydroxyl groups is 4. The van der Waals surface area contributed by atoms with Gasteiger partial charge in [0.15, 0.2) is 0 Å². The van der Waals surface area contributed by atoms with E-state index < -0.39 is 21.7 Å². The highest BCUT2D eigenvalue weighted by Gasteiger charge is 2.43. The summed E-state index contributed by atoms with van der Waals surface area (Å²) in [7, 11) is 0. The molecule has 8 N–H and O–H groups in total. The van der Waals surface area contributed by atoms with Crippen LogP contribution in [-0.2, 0) is 21.7 Å². The number of nitrogens with one attached hydrogen (secondary N) is 4. The van der Waals surface area contributed by atoms with Gasteiger partial charge in [-0.15, -0.1) is 0 Å². The van der Waals surface area contributed by atoms with E-state index in [1.54, 1.807) is 48.5 Å². The number of aromatic nitrogens is 4. The molecule has 8 heteroatoms. The fourth-order valence-electron chi connectivity index (χ4n) is 8.92. The van der Waals surface area contributed by atoms with E-state index in [1.165, 1.54) is 0 Å². The zero-order valence-electron chi connectivity index (χ0n) is 31.6. The number of phenolic OH excluding ortho intramolecular Hbond substituents is 4. The van der Waals surface area contributed by atoms with Crippen molar-refractivity contribution in [3.8, 4) is 23.0 Å². The first kappa shape index (κ1) is 34.9. The Morgan fingerprint density at radius 2 is 0.393 bits per heavy atom. The van der Waals surface area contributed by atoms with Crippen molar-refractivity contribution < 1.29 is 20.4 Å². The van der Waals surface area contributed by atoms with E-state index in [0.717, 1.165) is 67.8 Å². The maximum atomic E-state index is 10.4. The molecule has 0 unspecified atom stereocenters. The predicted molar refractivity (Wildman–Crippen MR) is 218 cm³/mol. The molecule has 4 aromatic carbocycles. The summed E-state index contributed by atoms with van der Waals surface area (Å²) in [6.07, 6.45) is 0. The molecule has 0 atom stereocenters. The van der Waals surface area contributed by atoms with Crippen LogP contribution in [0, 0.1) is 0 Å². The van der Waals surface area contributed by atoms with Gasteiger partial charge in [-0.25, -0.2) is 0 Å². The maximum Gasteiger partial charge on any atom is 0.115 e. The van der Waals surface area contributed by atoms with Crippen molar-refractivity contribution in [1.82, 2.24) is 19.9 Å². The van der Waals surface area contributed by atoms with Crippen LogP contribution >= 0.6 is 0 Å². The molecule has 8 aromatic rings. The van der Waals surface area contributed by atoms with Gasteiger partial charge in [0, 0.05) is 45.6 Å². The van der Waals surface area contributed by atoms with Crippen LogP contribution in [0.5, 0.6) is 23.0 Å². The van der Waals surface area contributed by atoms with Crippen LogP contribution in [0.4, 0.5) is 0 Å². The Morgan fingerprint density at radius 1 is 0.250 bits per heavy atom. The third-order valence-electron chi connectivity index (χ3n) is 12.8. The standard InChI is InChI=1S/C48H44N4O4/c1-45(29-5-13-33(53)14-6-29)37-21-23-39(49-37)46(2,30-7-15-34(54)16-8-30)41-25-27-43(51-41)48(4,32-11-19-36(56)20-12-32)44-28-26-42(52-44)47(3,40-24-22-38(45)50-40)31-9-17-35(55)18-10-31/h5-28,49-56H,1-4H3. The van der Waals surface area contributed by atoms with Gasteiger partial charge in [0.05, 0.1) is 21.7 Å². The summed E-state index contributed by atoms with van der Waals surface area (Å²) < 4.78 is 0. The van der Waals surface area contributed by atoms with E-state index in [4.69, 9.17) is 0 Å². The third-order valence-corrected chi connectivity index (χ3v) is 12.8. The summed E-state index contributed by atoms with van der Waals surface area (Å²) in [5, 5.41) is 41.5. The first-order valence-corrected chi connectivity index (χ1v) is 18.8. The second-order valence-electron chi connectivity index (χ2n) is 15.8. The van der Waals surface area contributed by atoms with Crippen LogP contribution in [-0.4, -0.2) is 40.4 Å². The van der Waals surface area contributed by atoms with Gasteiger partial charge in [0.1, 0.15) is 23.0 Å². The molecule has 0 saturated heterocycles. The summed E-state index contributed by atoms with van der Waals surface area (Å²) in [6, 6.07) is 46.6. The number of hydrogen-bond acceptors (Lipinski definition) is 4. The first-order valence-electron chi connectivity index (χ1n) is 18.8. The molecule has 1 aliphatic heterocycles. The van der Waals surface area contributed by atoms with Gasteiger partial charge in [0.25, 0.3) is 0 Å². The van der Waals surface area contributed by atoms with Crippen molar-refractivity contribution in [2.75, 3.05) is 0 Å². The highest BCUT2D eigenvalue weighted by atomic mass is 16.3. The van der Waals surface area contributed by atoms with Gasteiger partial charge in [-0.1, -0.05) is 48.5 Å². The zero-order valence-corrected chi connectivity index (χ0v) is 31.6. The van der Waals surface area contributed by atoms with E-state index in [0.29, 0.717) is 0 Å². The Bertz CT molecular complexity index is 2230. The lowest BCUT2D eigenvalue weighted by atomic mass is 9.76. The van der Waals surface area contributed by atoms with E-state index >= 15 is 0 Å². The van der Waals surface area contributed by atoms with Crippen LogP contribution in [0.1, 0.15) is 95.5 Å². The van der Waals surface area contributed by atoms with E-state index in [2.05, 4.69) is 96.2 Å². The molecule has 0 saturated carbocycles. The van der Waals surface area contributed by atoms with Gasteiger partial charge < -0.3 is 40.4 Å². The number of fused-ring (bicyclic) bond motifs is 8. The molecule has 8 nitrogen and oxygen atoms in total. The average Bonchev–Trinajstić information content (AvgIpc) is 4.05. The number of benzene rings is 4. The minimum Gasteiger partial charge on any atom is -0.508 e. The van der Waals surface area contributed by atoms with Gasteiger partial charge in [0.2, 0.25) is 0 Å². The van der Waals surface area contributed by atoms with Crippen LogP contribution in [0.2, 0.25) is 0 Å². The zero-order chi connectivity index (χ0) is 39.0. The van der Waals surface area contributed by atoms with Crippen molar-refractivity contribution in [3.05, 3.63) is 213 Å². The molecule has 0 aliphatic carbocycles. The monoisotopic (exact) mass is 740 g/mol. The maximum absolute atomic E-state index is 10.4. The quantitative estimate of drug-likeness (QED) is 0.0909. The molecule has 9 rings (SSSR count). The largest absolute Gasteiger partial charge is 0.508 e. The summed E-state index contributed by atoms with van der Waals surface area (Å²) in [4.78, 5) is 15.6. The highest BCUT2D eigenvalue weighted by molar-refractivity contribution is 5.56. The smallest absolute Gasteiger partial charge is 0.115 e. The predicted octanol–water partition coefficient (Wildman–Crippen LogP) is 9.55. The summed E-state index contributed by atoms with van der Waals surface area (Å²) in [5.41, 5.74) is 8.53. The Labute approximate surface area is 325 Å². The molecule has 56 heavy (non-hydrogen) atoms. The Morgan fingerprint density at radius 3 is 0.536 bits per heavy atom. The highest BCUT2D eigenvalue weighted by Crippen LogP contribution is 2.48. The van der Waals surface area contributed by atoms with E-state index in [9.17, 15) is 20.4 Å². The molecular formula is C48H44N4O4. The SMILES string of the molecule is CC1(c2ccc(O)cc2)c2ccc([nH]2)C(C)(c2ccc(O)cc2)c2ccc([nH]2)C(C)(c2ccc(O)cc2)c2ccc([nH]2)C(C)(c2ccc(O)cc2)c2ccc1[nH]2. The Hall–Kier alpha value is -6.80. The van der Waals surface area contributed by atoms with Gasteiger partial charge in [-0.2, -0.15) is 0 Å². The minimum absolute atomic E-state index is 0.189. The van der Waals surface area contributed by atoms with Crippen molar-refractivity contribution in [2.24, 2.45) is 0 Å². The van der Waals surface area contributed by atoms with Gasteiger partial charge in [-0.3, -0.25) is 0 Å². The molecule has 0 spiro atoms. The third kappa shape index (κ3) is 5.05. The Kier molecular flexibility index (Phi) is 7.71. The lowest BCUT2D eigenvalue weighted by Gasteiger charge is -2.34. The molecule has 5 heterocycles. The summed E-state index contributed by atoms with van der Waals surface area (Å²) in [6.45, 7) is 8.75. The molecule has 0 amide bonds. The van der Waals surface area contributed by atoms with Crippen molar-refractivity contribution in [2.45, 2.75) is 49.4 Å². The second-order valence-corrected chi connectivity index (χ2v) is 15.8. The molecule has 1 aliphatic rings. The number of rotatable bonds is 4. The van der Waals surface area contributed by atoms with Crippen LogP contribution in [0.3, 0.4) is 0 Å². The van der Waals surface area contributed by atoms with Crippen LogP contribution in [0.15, 0.2) is 146 Å². The second kappa shape index (κ2) is 12.4. The number of aromatic amines is 4. The molecule has 8 bridgehead atoms. The molecule has 0 radical (unpaired) electrons. The van der Waals surface area contributed by atoms with E-state index in [1.807, 2.05) is 48.5 Å². The molecule has 4 aromatic heterocycles. The molecule has 0 fully saturated rings. The Balaban J connectivity index is 1.37. The topological polar surface area (TPSA) is 144 Å².